The number of anilines is 1. The van der Waals surface area contributed by atoms with Crippen LogP contribution in [0.15, 0.2) is 21.7 Å². The number of aliphatic hydroxyl groups is 2. The van der Waals surface area contributed by atoms with Gasteiger partial charge in [0.15, 0.2) is 5.75 Å². The molecule has 2 fully saturated rings. The van der Waals surface area contributed by atoms with Crippen molar-refractivity contribution in [1.82, 2.24) is 9.55 Å². The second-order valence-electron chi connectivity index (χ2n) is 7.78. The number of ether oxygens (including phenoxy) is 1. The molecule has 1 saturated carbocycles. The molecular formula is C20H27N3O5. The van der Waals surface area contributed by atoms with Crippen LogP contribution in [0.4, 0.5) is 5.69 Å². The molecule has 2 aliphatic rings. The lowest BCUT2D eigenvalue weighted by atomic mass is 9.89. The molecule has 2 aromatic rings. The van der Waals surface area contributed by atoms with Gasteiger partial charge in [-0.1, -0.05) is 0 Å². The highest BCUT2D eigenvalue weighted by atomic mass is 16.5. The van der Waals surface area contributed by atoms with E-state index in [1.54, 1.807) is 17.7 Å². The molecule has 4 rings (SSSR count). The van der Waals surface area contributed by atoms with Crippen molar-refractivity contribution in [3.63, 3.8) is 0 Å². The molecule has 0 bridgehead atoms. The minimum atomic E-state index is -0.482. The molecule has 1 aliphatic carbocycles. The Balaban J connectivity index is 1.72. The number of nitrogens with zero attached hydrogens (tertiary/aromatic N) is 2. The van der Waals surface area contributed by atoms with Crippen LogP contribution in [0.1, 0.15) is 38.1 Å². The lowest BCUT2D eigenvalue weighted by Gasteiger charge is -2.36. The van der Waals surface area contributed by atoms with Crippen LogP contribution in [-0.4, -0.2) is 52.7 Å². The lowest BCUT2D eigenvalue weighted by molar-refractivity contribution is 0.0670. The predicted octanol–water partition coefficient (Wildman–Crippen LogP) is 0.993. The maximum atomic E-state index is 12.5. The number of fused-ring (bicyclic) bond motifs is 1. The fourth-order valence-electron chi connectivity index (χ4n) is 4.33. The van der Waals surface area contributed by atoms with Crippen LogP contribution in [0.25, 0.3) is 10.9 Å². The maximum absolute atomic E-state index is 12.5. The highest BCUT2D eigenvalue weighted by Crippen LogP contribution is 2.41. The van der Waals surface area contributed by atoms with E-state index in [0.29, 0.717) is 23.1 Å². The van der Waals surface area contributed by atoms with E-state index in [4.69, 9.17) is 9.84 Å². The second-order valence-corrected chi connectivity index (χ2v) is 7.78. The fraction of sp³-hybridized carbons (Fsp3) is 0.600. The number of hydrogen-bond acceptors (Lipinski definition) is 6. The van der Waals surface area contributed by atoms with Crippen molar-refractivity contribution in [2.24, 2.45) is 5.92 Å². The Morgan fingerprint density at radius 1 is 1.21 bits per heavy atom. The predicted molar refractivity (Wildman–Crippen MR) is 106 cm³/mol. The summed E-state index contributed by atoms with van der Waals surface area (Å²) in [7, 11) is 1.57. The molecule has 0 radical (unpaired) electrons. The molecule has 1 saturated heterocycles. The van der Waals surface area contributed by atoms with Gasteiger partial charge in [-0.25, -0.2) is 4.79 Å². The highest BCUT2D eigenvalue weighted by molar-refractivity contribution is 5.90. The van der Waals surface area contributed by atoms with Gasteiger partial charge in [0, 0.05) is 25.7 Å². The normalized spacial score (nSPS) is 19.2. The van der Waals surface area contributed by atoms with E-state index < -0.39 is 11.7 Å². The van der Waals surface area contributed by atoms with E-state index in [0.717, 1.165) is 44.5 Å². The van der Waals surface area contributed by atoms with Gasteiger partial charge in [0.05, 0.1) is 24.3 Å². The molecule has 0 amide bonds. The molecular weight excluding hydrogens is 362 g/mol. The molecule has 3 N–H and O–H groups in total. The van der Waals surface area contributed by atoms with Gasteiger partial charge in [0.1, 0.15) is 5.52 Å². The minimum Gasteiger partial charge on any atom is -0.492 e. The van der Waals surface area contributed by atoms with Crippen molar-refractivity contribution < 1.29 is 14.9 Å². The number of aromatic amines is 1. The number of piperidine rings is 1. The minimum absolute atomic E-state index is 0.00683. The summed E-state index contributed by atoms with van der Waals surface area (Å²) in [5.41, 5.74) is 0.650. The Kier molecular flexibility index (Phi) is 5.16. The van der Waals surface area contributed by atoms with Gasteiger partial charge in [-0.2, -0.15) is 0 Å². The summed E-state index contributed by atoms with van der Waals surface area (Å²) < 4.78 is 7.38. The lowest BCUT2D eigenvalue weighted by Crippen LogP contribution is -2.38. The van der Waals surface area contributed by atoms with Gasteiger partial charge in [0.25, 0.3) is 5.56 Å². The quantitative estimate of drug-likeness (QED) is 0.680. The van der Waals surface area contributed by atoms with Gasteiger partial charge < -0.3 is 19.8 Å². The van der Waals surface area contributed by atoms with Crippen LogP contribution >= 0.6 is 0 Å². The zero-order valence-corrected chi connectivity index (χ0v) is 16.1. The fourth-order valence-corrected chi connectivity index (χ4v) is 4.33. The summed E-state index contributed by atoms with van der Waals surface area (Å²) >= 11 is 0. The third kappa shape index (κ3) is 3.31. The monoisotopic (exact) mass is 389 g/mol. The largest absolute Gasteiger partial charge is 0.492 e. The number of rotatable bonds is 6. The molecule has 152 valence electrons. The zero-order chi connectivity index (χ0) is 19.8. The van der Waals surface area contributed by atoms with E-state index in [1.807, 2.05) is 6.07 Å². The maximum Gasteiger partial charge on any atom is 0.329 e. The van der Waals surface area contributed by atoms with Gasteiger partial charge in [0.2, 0.25) is 0 Å². The number of aromatic nitrogens is 2. The van der Waals surface area contributed by atoms with E-state index >= 15 is 0 Å². The van der Waals surface area contributed by atoms with Crippen LogP contribution in [0.2, 0.25) is 0 Å². The summed E-state index contributed by atoms with van der Waals surface area (Å²) in [4.78, 5) is 29.4. The van der Waals surface area contributed by atoms with Crippen LogP contribution in [0.3, 0.4) is 0 Å². The summed E-state index contributed by atoms with van der Waals surface area (Å²) in [5.74, 6) is 0.726. The van der Waals surface area contributed by atoms with Crippen LogP contribution in [-0.2, 0) is 0 Å². The Labute approximate surface area is 162 Å². The summed E-state index contributed by atoms with van der Waals surface area (Å²) in [6, 6.07) is 3.75. The second kappa shape index (κ2) is 7.60. The summed E-state index contributed by atoms with van der Waals surface area (Å²) in [5, 5.41) is 19.7. The number of aliphatic hydroxyl groups excluding tert-OH is 2. The van der Waals surface area contributed by atoms with E-state index in [2.05, 4.69) is 9.88 Å². The standard InChI is InChI=1S/C20H27N3O5/c1-28-18-15(22-9-6-12(7-10-22)16(25)8-11-24)5-4-14-17(18)23(13-2-3-13)20(27)21-19(14)26/h4-5,12-13,16,24-25H,2-3,6-11H2,1H3,(H,21,26,27). The molecule has 0 spiro atoms. The van der Waals surface area contributed by atoms with Crippen molar-refractivity contribution in [2.45, 2.75) is 44.2 Å². The average molecular weight is 389 g/mol. The smallest absolute Gasteiger partial charge is 0.329 e. The molecule has 1 aromatic heterocycles. The molecule has 2 heterocycles. The molecule has 1 aliphatic heterocycles. The van der Waals surface area contributed by atoms with Crippen molar-refractivity contribution in [3.8, 4) is 5.75 Å². The topological polar surface area (TPSA) is 108 Å². The first-order chi connectivity index (χ1) is 13.5. The molecule has 28 heavy (non-hydrogen) atoms. The molecule has 1 atom stereocenters. The molecule has 1 unspecified atom stereocenters. The van der Waals surface area contributed by atoms with Crippen molar-refractivity contribution >= 4 is 16.6 Å². The Morgan fingerprint density at radius 3 is 2.54 bits per heavy atom. The first-order valence-corrected chi connectivity index (χ1v) is 9.94. The molecule has 1 aromatic carbocycles. The Morgan fingerprint density at radius 2 is 1.93 bits per heavy atom. The van der Waals surface area contributed by atoms with Gasteiger partial charge >= 0.3 is 5.69 Å². The number of H-pyrrole nitrogens is 1. The highest BCUT2D eigenvalue weighted by Gasteiger charge is 2.31. The van der Waals surface area contributed by atoms with Crippen molar-refractivity contribution in [2.75, 3.05) is 31.7 Å². The van der Waals surface area contributed by atoms with E-state index in [9.17, 15) is 14.7 Å². The van der Waals surface area contributed by atoms with Crippen LogP contribution in [0, 0.1) is 5.92 Å². The van der Waals surface area contributed by atoms with Crippen molar-refractivity contribution in [3.05, 3.63) is 33.0 Å². The van der Waals surface area contributed by atoms with E-state index in [1.165, 1.54) is 0 Å². The Bertz CT molecular complexity index is 970. The molecule has 8 nitrogen and oxygen atoms in total. The van der Waals surface area contributed by atoms with Gasteiger partial charge in [-0.3, -0.25) is 14.3 Å². The van der Waals surface area contributed by atoms with Crippen LogP contribution < -0.4 is 20.9 Å². The third-order valence-corrected chi connectivity index (χ3v) is 6.00. The van der Waals surface area contributed by atoms with Crippen LogP contribution in [0.5, 0.6) is 5.75 Å². The van der Waals surface area contributed by atoms with Crippen molar-refractivity contribution in [1.29, 1.82) is 0 Å². The number of nitrogens with one attached hydrogen (secondary N) is 1. The number of methoxy groups -OCH3 is 1. The zero-order valence-electron chi connectivity index (χ0n) is 16.1. The number of benzene rings is 1. The Hall–Kier alpha value is -2.32. The summed E-state index contributed by atoms with van der Waals surface area (Å²) in [6.07, 6.45) is 3.38. The first kappa shape index (κ1) is 19.0. The average Bonchev–Trinajstić information content (AvgIpc) is 3.52. The molecule has 8 heteroatoms. The van der Waals surface area contributed by atoms with Gasteiger partial charge in [-0.05, 0) is 50.2 Å². The summed E-state index contributed by atoms with van der Waals surface area (Å²) in [6.45, 7) is 1.48. The SMILES string of the molecule is COc1c(N2CCC(C(O)CCO)CC2)ccc2c(=O)[nH]c(=O)n(C3CC3)c12. The van der Waals surface area contributed by atoms with E-state index in [-0.39, 0.29) is 24.3 Å². The first-order valence-electron chi connectivity index (χ1n) is 9.94. The van der Waals surface area contributed by atoms with Gasteiger partial charge in [-0.15, -0.1) is 0 Å². The third-order valence-electron chi connectivity index (χ3n) is 6.00. The number of hydrogen-bond donors (Lipinski definition) is 3.